The number of aliphatic hydroxyl groups is 1. The van der Waals surface area contributed by atoms with Crippen LogP contribution in [0.1, 0.15) is 30.4 Å². The van der Waals surface area contributed by atoms with Crippen molar-refractivity contribution in [1.82, 2.24) is 20.2 Å². The van der Waals surface area contributed by atoms with E-state index in [1.165, 1.54) is 0 Å². The highest BCUT2D eigenvalue weighted by atomic mass is 16.5. The van der Waals surface area contributed by atoms with Gasteiger partial charge in [-0.1, -0.05) is 0 Å². The normalized spacial score (nSPS) is 27.0. The van der Waals surface area contributed by atoms with E-state index < -0.39 is 6.10 Å². The summed E-state index contributed by atoms with van der Waals surface area (Å²) in [5.74, 6) is -0.0175. The van der Waals surface area contributed by atoms with Crippen molar-refractivity contribution in [2.45, 2.75) is 56.7 Å². The van der Waals surface area contributed by atoms with Crippen LogP contribution in [-0.2, 0) is 27.4 Å². The number of pyridine rings is 2. The molecule has 31 heavy (non-hydrogen) atoms. The number of aromatic nitrogens is 2. The van der Waals surface area contributed by atoms with Gasteiger partial charge >= 0.3 is 0 Å². The number of carbonyl (C=O) groups excluding carboxylic acids is 1. The number of hydrogen-bond donors (Lipinski definition) is 2. The lowest BCUT2D eigenvalue weighted by molar-refractivity contribution is -0.158. The van der Waals surface area contributed by atoms with E-state index in [-0.39, 0.29) is 30.8 Å². The van der Waals surface area contributed by atoms with Gasteiger partial charge in [0.15, 0.2) is 0 Å². The summed E-state index contributed by atoms with van der Waals surface area (Å²) < 4.78 is 12.0. The first-order chi connectivity index (χ1) is 15.2. The highest BCUT2D eigenvalue weighted by Crippen LogP contribution is 2.28. The van der Waals surface area contributed by atoms with E-state index in [0.29, 0.717) is 26.1 Å². The third-order valence-corrected chi connectivity index (χ3v) is 5.87. The van der Waals surface area contributed by atoms with Gasteiger partial charge in [0.25, 0.3) is 0 Å². The number of hydrogen-bond acceptors (Lipinski definition) is 7. The molecule has 0 bridgehead atoms. The van der Waals surface area contributed by atoms with Crippen LogP contribution in [0, 0.1) is 0 Å². The van der Waals surface area contributed by atoms with E-state index >= 15 is 0 Å². The van der Waals surface area contributed by atoms with E-state index in [2.05, 4.69) is 20.2 Å². The van der Waals surface area contributed by atoms with Crippen LogP contribution in [-0.4, -0.2) is 70.0 Å². The predicted octanol–water partition coefficient (Wildman–Crippen LogP) is 1.29. The molecule has 0 spiro atoms. The third kappa shape index (κ3) is 6.30. The van der Waals surface area contributed by atoms with Gasteiger partial charge in [-0.2, -0.15) is 0 Å². The number of ether oxygens (including phenoxy) is 2. The molecule has 2 aromatic rings. The summed E-state index contributed by atoms with van der Waals surface area (Å²) in [5.41, 5.74) is 2.17. The molecule has 4 atom stereocenters. The molecule has 8 heteroatoms. The Bertz CT molecular complexity index is 823. The fourth-order valence-electron chi connectivity index (χ4n) is 4.33. The Balaban J connectivity index is 1.34. The number of amides is 1. The molecule has 4 heterocycles. The molecule has 4 rings (SSSR count). The Morgan fingerprint density at radius 1 is 1.06 bits per heavy atom. The lowest BCUT2D eigenvalue weighted by Gasteiger charge is -2.44. The molecule has 8 nitrogen and oxygen atoms in total. The van der Waals surface area contributed by atoms with Crippen molar-refractivity contribution >= 4 is 5.91 Å². The largest absolute Gasteiger partial charge is 0.389 e. The Morgan fingerprint density at radius 2 is 1.77 bits per heavy atom. The van der Waals surface area contributed by atoms with Crippen LogP contribution in [0.2, 0.25) is 0 Å². The average molecular weight is 427 g/mol. The SMILES string of the molecule is O=C(C[C@H]1CC[C@H]2[C@@H](COC[C@@H](O)CN2Cc2ccncc2)O1)NCc1ccncc1. The standard InChI is InChI=1S/C23H30N4O4/c28-19-14-27(13-18-5-9-25-10-6-18)21-2-1-20(31-22(21)16-30-15-19)11-23(29)26-12-17-3-7-24-8-4-17/h3-10,19-22,28H,1-2,11-16H2,(H,26,29)/t19-,20+,21-,22+/m0/s1. The number of nitrogens with one attached hydrogen (secondary N) is 1. The Morgan fingerprint density at radius 3 is 2.52 bits per heavy atom. The van der Waals surface area contributed by atoms with Crippen molar-refractivity contribution in [3.8, 4) is 0 Å². The van der Waals surface area contributed by atoms with Crippen LogP contribution in [0.5, 0.6) is 0 Å². The van der Waals surface area contributed by atoms with Crippen LogP contribution in [0.3, 0.4) is 0 Å². The summed E-state index contributed by atoms with van der Waals surface area (Å²) in [5, 5.41) is 13.3. The fraction of sp³-hybridized carbons (Fsp3) is 0.522. The molecule has 2 aliphatic rings. The lowest BCUT2D eigenvalue weighted by Crippen LogP contribution is -2.55. The molecule has 0 aliphatic carbocycles. The first kappa shape index (κ1) is 21.8. The van der Waals surface area contributed by atoms with Crippen molar-refractivity contribution < 1.29 is 19.4 Å². The molecule has 2 N–H and O–H groups in total. The van der Waals surface area contributed by atoms with Crippen LogP contribution < -0.4 is 5.32 Å². The zero-order valence-corrected chi connectivity index (χ0v) is 17.6. The molecule has 2 saturated heterocycles. The zero-order valence-electron chi connectivity index (χ0n) is 17.6. The van der Waals surface area contributed by atoms with E-state index in [9.17, 15) is 9.90 Å². The van der Waals surface area contributed by atoms with Crippen LogP contribution in [0.4, 0.5) is 0 Å². The smallest absolute Gasteiger partial charge is 0.222 e. The number of carbonyl (C=O) groups is 1. The van der Waals surface area contributed by atoms with Crippen molar-refractivity contribution in [3.05, 3.63) is 60.2 Å². The highest BCUT2D eigenvalue weighted by molar-refractivity contribution is 5.76. The fourth-order valence-corrected chi connectivity index (χ4v) is 4.33. The quantitative estimate of drug-likeness (QED) is 0.719. The first-order valence-corrected chi connectivity index (χ1v) is 10.9. The average Bonchev–Trinajstić information content (AvgIpc) is 2.78. The first-order valence-electron chi connectivity index (χ1n) is 10.9. The van der Waals surface area contributed by atoms with Crippen LogP contribution >= 0.6 is 0 Å². The minimum atomic E-state index is -0.528. The van der Waals surface area contributed by atoms with Gasteiger partial charge in [-0.25, -0.2) is 0 Å². The molecule has 2 aromatic heterocycles. The summed E-state index contributed by atoms with van der Waals surface area (Å²) in [6.07, 6.45) is 8.25. The maximum absolute atomic E-state index is 12.4. The van der Waals surface area contributed by atoms with Gasteiger partial charge < -0.3 is 19.9 Å². The topological polar surface area (TPSA) is 96.8 Å². The maximum Gasteiger partial charge on any atom is 0.222 e. The number of fused-ring (bicyclic) bond motifs is 1. The van der Waals surface area contributed by atoms with Gasteiger partial charge in [0.05, 0.1) is 37.9 Å². The summed E-state index contributed by atoms with van der Waals surface area (Å²) in [6, 6.07) is 7.91. The van der Waals surface area contributed by atoms with Gasteiger partial charge in [0.1, 0.15) is 0 Å². The monoisotopic (exact) mass is 426 g/mol. The van der Waals surface area contributed by atoms with Gasteiger partial charge in [-0.15, -0.1) is 0 Å². The lowest BCUT2D eigenvalue weighted by atomic mass is 9.94. The number of rotatable bonds is 6. The Hall–Kier alpha value is -2.39. The maximum atomic E-state index is 12.4. The second-order valence-electron chi connectivity index (χ2n) is 8.25. The molecular formula is C23H30N4O4. The molecule has 0 aromatic carbocycles. The van der Waals surface area contributed by atoms with Gasteiger partial charge in [0.2, 0.25) is 5.91 Å². The summed E-state index contributed by atoms with van der Waals surface area (Å²) >= 11 is 0. The van der Waals surface area contributed by atoms with E-state index in [0.717, 1.165) is 30.5 Å². The Labute approximate surface area is 182 Å². The molecule has 0 radical (unpaired) electrons. The molecule has 166 valence electrons. The van der Waals surface area contributed by atoms with Crippen molar-refractivity contribution in [2.75, 3.05) is 19.8 Å². The third-order valence-electron chi connectivity index (χ3n) is 5.87. The highest BCUT2D eigenvalue weighted by Gasteiger charge is 2.38. The summed E-state index contributed by atoms with van der Waals surface area (Å²) in [6.45, 7) is 2.45. The number of aliphatic hydroxyl groups excluding tert-OH is 1. The van der Waals surface area contributed by atoms with E-state index in [1.807, 2.05) is 24.3 Å². The number of nitrogens with zero attached hydrogens (tertiary/aromatic N) is 3. The minimum Gasteiger partial charge on any atom is -0.389 e. The molecule has 0 saturated carbocycles. The minimum absolute atomic E-state index is 0.0175. The van der Waals surface area contributed by atoms with Crippen LogP contribution in [0.25, 0.3) is 0 Å². The summed E-state index contributed by atoms with van der Waals surface area (Å²) in [4.78, 5) is 22.8. The second-order valence-corrected chi connectivity index (χ2v) is 8.25. The predicted molar refractivity (Wildman–Crippen MR) is 114 cm³/mol. The van der Waals surface area contributed by atoms with Crippen LogP contribution in [0.15, 0.2) is 49.1 Å². The summed E-state index contributed by atoms with van der Waals surface area (Å²) in [7, 11) is 0. The molecule has 2 fully saturated rings. The van der Waals surface area contributed by atoms with Gasteiger partial charge in [-0.3, -0.25) is 19.7 Å². The molecule has 0 unspecified atom stereocenters. The van der Waals surface area contributed by atoms with Gasteiger partial charge in [-0.05, 0) is 48.2 Å². The number of β-amino-alcohol motifs (C(OH)–C–C–N with tert-alkyl or cyclic N) is 1. The molecular weight excluding hydrogens is 396 g/mol. The van der Waals surface area contributed by atoms with E-state index in [1.54, 1.807) is 24.8 Å². The molecule has 1 amide bonds. The van der Waals surface area contributed by atoms with E-state index in [4.69, 9.17) is 9.47 Å². The Kier molecular flexibility index (Phi) is 7.58. The second kappa shape index (κ2) is 10.8. The zero-order chi connectivity index (χ0) is 21.5. The van der Waals surface area contributed by atoms with Crippen molar-refractivity contribution in [3.63, 3.8) is 0 Å². The molecule has 2 aliphatic heterocycles. The van der Waals surface area contributed by atoms with Crippen molar-refractivity contribution in [2.24, 2.45) is 0 Å². The van der Waals surface area contributed by atoms with Crippen molar-refractivity contribution in [1.29, 1.82) is 0 Å². The van der Waals surface area contributed by atoms with Gasteiger partial charge in [0, 0.05) is 50.5 Å².